The minimum atomic E-state index is -0.468. The highest BCUT2D eigenvalue weighted by atomic mass is 32.1. The van der Waals surface area contributed by atoms with Gasteiger partial charge in [-0.15, -0.1) is 21.5 Å². The van der Waals surface area contributed by atoms with Crippen molar-refractivity contribution in [2.75, 3.05) is 0 Å². The van der Waals surface area contributed by atoms with Crippen LogP contribution in [0.15, 0.2) is 23.7 Å². The molecule has 0 aliphatic heterocycles. The van der Waals surface area contributed by atoms with Crippen molar-refractivity contribution in [1.82, 2.24) is 19.7 Å². The van der Waals surface area contributed by atoms with Gasteiger partial charge in [0.05, 0.1) is 11.9 Å². The minimum absolute atomic E-state index is 0.0498. The molecule has 0 spiro atoms. The smallest absolute Gasteiger partial charge is 0.342 e. The summed E-state index contributed by atoms with van der Waals surface area (Å²) in [6.07, 6.45) is 4.67. The Kier molecular flexibility index (Phi) is 3.59. The predicted molar refractivity (Wildman–Crippen MR) is 82.0 cm³/mol. The summed E-state index contributed by atoms with van der Waals surface area (Å²) in [5, 5.41) is 22.5. The monoisotopic (exact) mass is 319 g/mol. The fraction of sp³-hybridized carbons (Fsp3) is 0.0833. The van der Waals surface area contributed by atoms with Crippen LogP contribution < -0.4 is 0 Å². The van der Waals surface area contributed by atoms with Crippen LogP contribution in [0.2, 0.25) is 0 Å². The second-order valence-electron chi connectivity index (χ2n) is 4.05. The lowest BCUT2D eigenvalue weighted by atomic mass is 10.5. The van der Waals surface area contributed by atoms with Gasteiger partial charge in [-0.05, 0) is 22.4 Å². The van der Waals surface area contributed by atoms with E-state index in [0.717, 1.165) is 14.9 Å². The largest absolute Gasteiger partial charge is 0.358 e. The number of hydrogen-bond donors (Lipinski definition) is 0. The van der Waals surface area contributed by atoms with E-state index in [4.69, 9.17) is 0 Å². The molecule has 0 saturated heterocycles. The van der Waals surface area contributed by atoms with E-state index in [9.17, 15) is 10.1 Å². The Balaban J connectivity index is 1.82. The molecule has 0 aromatic carbocycles. The molecular formula is C12H9N5O2S2. The topological polar surface area (TPSA) is 86.7 Å². The first-order valence-corrected chi connectivity index (χ1v) is 7.56. The molecule has 0 fully saturated rings. The van der Waals surface area contributed by atoms with Crippen LogP contribution in [0.4, 0.5) is 5.82 Å². The van der Waals surface area contributed by atoms with E-state index in [0.29, 0.717) is 5.82 Å². The Hall–Kier alpha value is -2.39. The van der Waals surface area contributed by atoms with Crippen LogP contribution in [0.25, 0.3) is 22.0 Å². The Morgan fingerprint density at radius 1 is 1.38 bits per heavy atom. The summed E-state index contributed by atoms with van der Waals surface area (Å²) in [6.45, 7) is 0. The third-order valence-electron chi connectivity index (χ3n) is 2.73. The van der Waals surface area contributed by atoms with Crippen molar-refractivity contribution in [2.24, 2.45) is 7.05 Å². The van der Waals surface area contributed by atoms with Gasteiger partial charge in [-0.3, -0.25) is 0 Å². The van der Waals surface area contributed by atoms with Crippen molar-refractivity contribution in [3.63, 3.8) is 0 Å². The zero-order chi connectivity index (χ0) is 14.8. The van der Waals surface area contributed by atoms with E-state index in [1.165, 1.54) is 22.1 Å². The van der Waals surface area contributed by atoms with E-state index >= 15 is 0 Å². The molecule has 3 aromatic rings. The molecule has 9 heteroatoms. The van der Waals surface area contributed by atoms with Crippen molar-refractivity contribution in [3.8, 4) is 9.88 Å². The molecule has 0 atom stereocenters. The van der Waals surface area contributed by atoms with E-state index in [-0.39, 0.29) is 5.82 Å². The van der Waals surface area contributed by atoms with Gasteiger partial charge in [0, 0.05) is 6.08 Å². The molecule has 0 aliphatic carbocycles. The number of aromatic nitrogens is 4. The second-order valence-corrected chi connectivity index (χ2v) is 6.00. The fourth-order valence-corrected chi connectivity index (χ4v) is 3.22. The first-order valence-electron chi connectivity index (χ1n) is 5.86. The number of thiophene rings is 1. The lowest BCUT2D eigenvalue weighted by Crippen LogP contribution is -1.98. The van der Waals surface area contributed by atoms with Gasteiger partial charge in [0.1, 0.15) is 11.2 Å². The molecule has 3 aromatic heterocycles. The molecule has 0 aliphatic rings. The van der Waals surface area contributed by atoms with Crippen LogP contribution in [0, 0.1) is 10.1 Å². The van der Waals surface area contributed by atoms with Crippen molar-refractivity contribution in [3.05, 3.63) is 44.7 Å². The summed E-state index contributed by atoms with van der Waals surface area (Å²) in [7, 11) is 1.60. The molecule has 21 heavy (non-hydrogen) atoms. The molecule has 3 rings (SSSR count). The Labute approximate surface area is 127 Å². The summed E-state index contributed by atoms with van der Waals surface area (Å²) in [6, 6.07) is 3.95. The molecule has 0 amide bonds. The average molecular weight is 319 g/mol. The van der Waals surface area contributed by atoms with Crippen molar-refractivity contribution >= 4 is 40.6 Å². The van der Waals surface area contributed by atoms with Crippen LogP contribution in [0.5, 0.6) is 0 Å². The number of hydrogen-bond acceptors (Lipinski definition) is 7. The van der Waals surface area contributed by atoms with E-state index in [1.54, 1.807) is 30.5 Å². The fourth-order valence-electron chi connectivity index (χ4n) is 1.69. The van der Waals surface area contributed by atoms with Gasteiger partial charge >= 0.3 is 5.82 Å². The van der Waals surface area contributed by atoms with E-state index < -0.39 is 4.92 Å². The number of nitro groups is 1. The lowest BCUT2D eigenvalue weighted by Gasteiger charge is -1.93. The standard InChI is InChI=1S/C12H9N5O2S2/c1-16-9(13-7-11(16)17(18)19)4-5-10-14-15-12(21-10)8-3-2-6-20-8/h2-7H,1H3/b5-4+. The number of imidazole rings is 1. The van der Waals surface area contributed by atoms with Gasteiger partial charge in [-0.2, -0.15) is 0 Å². The highest BCUT2D eigenvalue weighted by Gasteiger charge is 2.14. The van der Waals surface area contributed by atoms with Crippen molar-refractivity contribution < 1.29 is 4.92 Å². The molecule has 3 heterocycles. The summed E-state index contributed by atoms with van der Waals surface area (Å²) in [5.41, 5.74) is 0. The van der Waals surface area contributed by atoms with Crippen LogP contribution in [-0.2, 0) is 7.05 Å². The first kappa shape index (κ1) is 13.6. The molecule has 0 unspecified atom stereocenters. The maximum absolute atomic E-state index is 10.7. The zero-order valence-electron chi connectivity index (χ0n) is 10.8. The number of rotatable bonds is 4. The first-order chi connectivity index (χ1) is 10.1. The molecule has 0 saturated carbocycles. The highest BCUT2D eigenvalue weighted by molar-refractivity contribution is 7.21. The Morgan fingerprint density at radius 2 is 2.24 bits per heavy atom. The maximum atomic E-state index is 10.7. The molecule has 0 radical (unpaired) electrons. The van der Waals surface area contributed by atoms with Gasteiger partial charge in [-0.1, -0.05) is 17.4 Å². The van der Waals surface area contributed by atoms with Crippen molar-refractivity contribution in [2.45, 2.75) is 0 Å². The molecule has 106 valence electrons. The van der Waals surface area contributed by atoms with E-state index in [2.05, 4.69) is 15.2 Å². The van der Waals surface area contributed by atoms with Crippen LogP contribution in [0.1, 0.15) is 10.8 Å². The molecular weight excluding hydrogens is 310 g/mol. The average Bonchev–Trinajstić information content (AvgIpc) is 3.17. The predicted octanol–water partition coefficient (Wildman–Crippen LogP) is 3.08. The summed E-state index contributed by atoms with van der Waals surface area (Å²) in [5.74, 6) is 0.445. The summed E-state index contributed by atoms with van der Waals surface area (Å²) < 4.78 is 1.41. The highest BCUT2D eigenvalue weighted by Crippen LogP contribution is 2.28. The van der Waals surface area contributed by atoms with Gasteiger partial charge in [0.2, 0.25) is 5.82 Å². The van der Waals surface area contributed by atoms with Gasteiger partial charge in [0.25, 0.3) is 0 Å². The SMILES string of the molecule is Cn1c([N+](=O)[O-])cnc1/C=C/c1nnc(-c2cccs2)s1. The lowest BCUT2D eigenvalue weighted by molar-refractivity contribution is -0.391. The molecule has 7 nitrogen and oxygen atoms in total. The number of nitrogens with zero attached hydrogens (tertiary/aromatic N) is 5. The zero-order valence-corrected chi connectivity index (χ0v) is 12.5. The van der Waals surface area contributed by atoms with Crippen LogP contribution in [0.3, 0.4) is 0 Å². The molecule has 0 bridgehead atoms. The third kappa shape index (κ3) is 2.73. The Bertz CT molecular complexity index is 804. The molecule has 0 N–H and O–H groups in total. The minimum Gasteiger partial charge on any atom is -0.358 e. The van der Waals surface area contributed by atoms with Gasteiger partial charge in [-0.25, -0.2) is 9.55 Å². The van der Waals surface area contributed by atoms with Crippen LogP contribution in [-0.4, -0.2) is 24.7 Å². The Morgan fingerprint density at radius 3 is 2.90 bits per heavy atom. The van der Waals surface area contributed by atoms with E-state index in [1.807, 2.05) is 17.5 Å². The quantitative estimate of drug-likeness (QED) is 0.545. The second kappa shape index (κ2) is 5.54. The van der Waals surface area contributed by atoms with Gasteiger partial charge < -0.3 is 10.1 Å². The summed E-state index contributed by atoms with van der Waals surface area (Å²) in [4.78, 5) is 15.3. The normalized spacial score (nSPS) is 11.3. The van der Waals surface area contributed by atoms with Crippen molar-refractivity contribution in [1.29, 1.82) is 0 Å². The summed E-state index contributed by atoms with van der Waals surface area (Å²) >= 11 is 3.06. The van der Waals surface area contributed by atoms with Crippen LogP contribution >= 0.6 is 22.7 Å². The maximum Gasteiger partial charge on any atom is 0.342 e. The third-order valence-corrected chi connectivity index (χ3v) is 4.66. The van der Waals surface area contributed by atoms with Gasteiger partial charge in [0.15, 0.2) is 5.01 Å².